The predicted octanol–water partition coefficient (Wildman–Crippen LogP) is 2.43. The lowest BCUT2D eigenvalue weighted by Crippen LogP contribution is -2.30. The quantitative estimate of drug-likeness (QED) is 0.798. The van der Waals surface area contributed by atoms with Gasteiger partial charge in [0.15, 0.2) is 11.6 Å². The Kier molecular flexibility index (Phi) is 5.15. The van der Waals surface area contributed by atoms with Crippen LogP contribution in [0, 0.1) is 17.5 Å². The number of benzene rings is 1. The van der Waals surface area contributed by atoms with Crippen LogP contribution in [0.2, 0.25) is 0 Å². The first-order valence-electron chi connectivity index (χ1n) is 5.61. The molecular formula is C12H15F3N2O. The van der Waals surface area contributed by atoms with Gasteiger partial charge in [0.2, 0.25) is 5.91 Å². The number of nitrogens with one attached hydrogen (secondary N) is 2. The standard InChI is InChI=1S/C12H15F3N2O/c1-3-16-7(2)4-12(18)17-11-6-9(14)8(13)5-10(11)15/h5-7,16H,3-4H2,1-2H3,(H,17,18). The van der Waals surface area contributed by atoms with Gasteiger partial charge in [-0.05, 0) is 13.5 Å². The molecule has 0 bridgehead atoms. The van der Waals surface area contributed by atoms with Crippen molar-refractivity contribution in [2.45, 2.75) is 26.3 Å². The molecule has 0 spiro atoms. The highest BCUT2D eigenvalue weighted by Gasteiger charge is 2.13. The Morgan fingerprint density at radius 1 is 1.22 bits per heavy atom. The van der Waals surface area contributed by atoms with Gasteiger partial charge >= 0.3 is 0 Å². The summed E-state index contributed by atoms with van der Waals surface area (Å²) >= 11 is 0. The molecule has 3 nitrogen and oxygen atoms in total. The van der Waals surface area contributed by atoms with Crippen molar-refractivity contribution in [1.82, 2.24) is 5.32 Å². The van der Waals surface area contributed by atoms with Crippen LogP contribution in [0.4, 0.5) is 18.9 Å². The van der Waals surface area contributed by atoms with E-state index < -0.39 is 23.4 Å². The minimum absolute atomic E-state index is 0.0802. The molecule has 1 unspecified atom stereocenters. The number of halogens is 3. The first-order chi connectivity index (χ1) is 8.43. The average molecular weight is 260 g/mol. The molecule has 0 heterocycles. The molecule has 2 N–H and O–H groups in total. The second kappa shape index (κ2) is 6.39. The Balaban J connectivity index is 2.67. The fourth-order valence-corrected chi connectivity index (χ4v) is 1.52. The van der Waals surface area contributed by atoms with Gasteiger partial charge in [-0.2, -0.15) is 0 Å². The normalized spacial score (nSPS) is 12.3. The summed E-state index contributed by atoms with van der Waals surface area (Å²) in [5.74, 6) is -3.95. The molecule has 1 aromatic rings. The maximum absolute atomic E-state index is 13.2. The second-order valence-electron chi connectivity index (χ2n) is 3.96. The fourth-order valence-electron chi connectivity index (χ4n) is 1.52. The molecule has 0 aliphatic heterocycles. The van der Waals surface area contributed by atoms with Gasteiger partial charge in [-0.3, -0.25) is 4.79 Å². The van der Waals surface area contributed by atoms with Crippen molar-refractivity contribution in [2.75, 3.05) is 11.9 Å². The average Bonchev–Trinajstić information content (AvgIpc) is 2.26. The Morgan fingerprint density at radius 3 is 2.44 bits per heavy atom. The van der Waals surface area contributed by atoms with Crippen LogP contribution in [-0.2, 0) is 4.79 Å². The lowest BCUT2D eigenvalue weighted by molar-refractivity contribution is -0.116. The fraction of sp³-hybridized carbons (Fsp3) is 0.417. The number of rotatable bonds is 5. The molecular weight excluding hydrogens is 245 g/mol. The molecule has 0 aromatic heterocycles. The van der Waals surface area contributed by atoms with Crippen LogP contribution in [0.1, 0.15) is 20.3 Å². The topological polar surface area (TPSA) is 41.1 Å². The van der Waals surface area contributed by atoms with Crippen molar-refractivity contribution in [3.05, 3.63) is 29.6 Å². The molecule has 0 aliphatic rings. The summed E-state index contributed by atoms with van der Waals surface area (Å²) < 4.78 is 38.8. The van der Waals surface area contributed by atoms with Gasteiger partial charge in [0, 0.05) is 24.6 Å². The van der Waals surface area contributed by atoms with E-state index in [1.165, 1.54) is 0 Å². The van der Waals surface area contributed by atoms with E-state index >= 15 is 0 Å². The van der Waals surface area contributed by atoms with Crippen LogP contribution < -0.4 is 10.6 Å². The monoisotopic (exact) mass is 260 g/mol. The highest BCUT2D eigenvalue weighted by atomic mass is 19.2. The Hall–Kier alpha value is -1.56. The summed E-state index contributed by atoms with van der Waals surface area (Å²) in [6.07, 6.45) is 0.117. The molecule has 1 rings (SSSR count). The molecule has 0 saturated carbocycles. The zero-order valence-corrected chi connectivity index (χ0v) is 10.2. The van der Waals surface area contributed by atoms with Gasteiger partial charge in [-0.1, -0.05) is 6.92 Å². The highest BCUT2D eigenvalue weighted by molar-refractivity contribution is 5.91. The maximum Gasteiger partial charge on any atom is 0.226 e. The van der Waals surface area contributed by atoms with Gasteiger partial charge in [0.25, 0.3) is 0 Å². The Labute approximate surface area is 103 Å². The predicted molar refractivity (Wildman–Crippen MR) is 62.7 cm³/mol. The summed E-state index contributed by atoms with van der Waals surface area (Å²) in [5, 5.41) is 5.22. The van der Waals surface area contributed by atoms with E-state index in [1.807, 2.05) is 6.92 Å². The number of hydrogen-bond acceptors (Lipinski definition) is 2. The zero-order chi connectivity index (χ0) is 13.7. The van der Waals surface area contributed by atoms with Gasteiger partial charge in [-0.25, -0.2) is 13.2 Å². The van der Waals surface area contributed by atoms with Crippen LogP contribution in [0.15, 0.2) is 12.1 Å². The molecule has 0 aliphatic carbocycles. The van der Waals surface area contributed by atoms with Gasteiger partial charge in [-0.15, -0.1) is 0 Å². The van der Waals surface area contributed by atoms with E-state index in [9.17, 15) is 18.0 Å². The van der Waals surface area contributed by atoms with E-state index in [0.717, 1.165) is 0 Å². The van der Waals surface area contributed by atoms with Crippen molar-refractivity contribution in [3.8, 4) is 0 Å². The summed E-state index contributed by atoms with van der Waals surface area (Å²) in [6.45, 7) is 4.39. The summed E-state index contributed by atoms with van der Waals surface area (Å²) in [5.41, 5.74) is -0.359. The largest absolute Gasteiger partial charge is 0.323 e. The lowest BCUT2D eigenvalue weighted by Gasteiger charge is -2.12. The van der Waals surface area contributed by atoms with E-state index in [0.29, 0.717) is 18.7 Å². The third-order valence-electron chi connectivity index (χ3n) is 2.33. The van der Waals surface area contributed by atoms with Gasteiger partial charge < -0.3 is 10.6 Å². The van der Waals surface area contributed by atoms with Gasteiger partial charge in [0.1, 0.15) is 5.82 Å². The number of carbonyl (C=O) groups is 1. The molecule has 100 valence electrons. The minimum atomic E-state index is -1.29. The highest BCUT2D eigenvalue weighted by Crippen LogP contribution is 2.18. The van der Waals surface area contributed by atoms with Crippen molar-refractivity contribution >= 4 is 11.6 Å². The number of carbonyl (C=O) groups excluding carboxylic acids is 1. The van der Waals surface area contributed by atoms with E-state index in [-0.39, 0.29) is 18.2 Å². The Bertz CT molecular complexity index is 438. The van der Waals surface area contributed by atoms with Gasteiger partial charge in [0.05, 0.1) is 5.69 Å². The Morgan fingerprint density at radius 2 is 1.83 bits per heavy atom. The molecule has 6 heteroatoms. The van der Waals surface area contributed by atoms with Crippen molar-refractivity contribution in [1.29, 1.82) is 0 Å². The zero-order valence-electron chi connectivity index (χ0n) is 10.2. The molecule has 1 atom stereocenters. The van der Waals surface area contributed by atoms with Crippen LogP contribution in [0.25, 0.3) is 0 Å². The van der Waals surface area contributed by atoms with Crippen LogP contribution in [0.3, 0.4) is 0 Å². The van der Waals surface area contributed by atoms with Crippen molar-refractivity contribution in [2.24, 2.45) is 0 Å². The summed E-state index contributed by atoms with van der Waals surface area (Å²) in [4.78, 5) is 11.5. The molecule has 1 aromatic carbocycles. The smallest absolute Gasteiger partial charge is 0.226 e. The lowest BCUT2D eigenvalue weighted by atomic mass is 10.2. The molecule has 0 radical (unpaired) electrons. The van der Waals surface area contributed by atoms with Crippen LogP contribution >= 0.6 is 0 Å². The molecule has 1 amide bonds. The first kappa shape index (κ1) is 14.5. The third kappa shape index (κ3) is 4.03. The minimum Gasteiger partial charge on any atom is -0.323 e. The van der Waals surface area contributed by atoms with Crippen LogP contribution in [-0.4, -0.2) is 18.5 Å². The molecule has 0 fully saturated rings. The molecule has 18 heavy (non-hydrogen) atoms. The maximum atomic E-state index is 13.2. The van der Waals surface area contributed by atoms with E-state index in [2.05, 4.69) is 10.6 Å². The second-order valence-corrected chi connectivity index (χ2v) is 3.96. The summed E-state index contributed by atoms with van der Waals surface area (Å²) in [6, 6.07) is 0.947. The number of amides is 1. The third-order valence-corrected chi connectivity index (χ3v) is 2.33. The SMILES string of the molecule is CCNC(C)CC(=O)Nc1cc(F)c(F)cc1F. The van der Waals surface area contributed by atoms with E-state index in [1.54, 1.807) is 6.92 Å². The van der Waals surface area contributed by atoms with Crippen molar-refractivity contribution in [3.63, 3.8) is 0 Å². The molecule has 0 saturated heterocycles. The van der Waals surface area contributed by atoms with Crippen molar-refractivity contribution < 1.29 is 18.0 Å². The van der Waals surface area contributed by atoms with E-state index in [4.69, 9.17) is 0 Å². The number of anilines is 1. The first-order valence-corrected chi connectivity index (χ1v) is 5.61. The number of hydrogen-bond donors (Lipinski definition) is 2. The summed E-state index contributed by atoms with van der Waals surface area (Å²) in [7, 11) is 0. The van der Waals surface area contributed by atoms with Crippen LogP contribution in [0.5, 0.6) is 0 Å².